The van der Waals surface area contributed by atoms with Gasteiger partial charge in [-0.1, -0.05) is 0 Å². The van der Waals surface area contributed by atoms with Gasteiger partial charge in [0.25, 0.3) is 0 Å². The molecule has 2 heterocycles. The van der Waals surface area contributed by atoms with E-state index in [0.29, 0.717) is 5.56 Å². The van der Waals surface area contributed by atoms with Gasteiger partial charge in [-0.25, -0.2) is 4.79 Å². The number of aromatic nitrogens is 1. The van der Waals surface area contributed by atoms with Crippen LogP contribution in [0.25, 0.3) is 0 Å². The summed E-state index contributed by atoms with van der Waals surface area (Å²) in [5.41, 5.74) is 1.37. The van der Waals surface area contributed by atoms with Gasteiger partial charge in [-0.15, -0.1) is 0 Å². The van der Waals surface area contributed by atoms with Crippen molar-refractivity contribution in [1.29, 1.82) is 5.26 Å². The van der Waals surface area contributed by atoms with E-state index in [9.17, 15) is 4.79 Å². The van der Waals surface area contributed by atoms with Crippen molar-refractivity contribution in [3.63, 3.8) is 0 Å². The van der Waals surface area contributed by atoms with Crippen LogP contribution >= 0.6 is 0 Å². The number of nitriles is 1. The molecule has 0 spiro atoms. The molecule has 5 nitrogen and oxygen atoms in total. The number of carbonyl (C=O) groups is 1. The highest BCUT2D eigenvalue weighted by atomic mass is 16.5. The van der Waals surface area contributed by atoms with Crippen LogP contribution in [0.1, 0.15) is 28.9 Å². The summed E-state index contributed by atoms with van der Waals surface area (Å²) in [6, 6.07) is 5.89. The molecular formula is C14H17N3O2. The Hall–Kier alpha value is -1.93. The maximum absolute atomic E-state index is 11.3. The molecular weight excluding hydrogens is 242 g/mol. The number of rotatable bonds is 3. The number of methoxy groups -OCH3 is 1. The van der Waals surface area contributed by atoms with Gasteiger partial charge < -0.3 is 4.74 Å². The molecule has 1 aromatic rings. The van der Waals surface area contributed by atoms with Gasteiger partial charge in [-0.2, -0.15) is 5.26 Å². The Kier molecular flexibility index (Phi) is 4.48. The number of hydrogen-bond donors (Lipinski definition) is 0. The molecule has 0 aromatic carbocycles. The Morgan fingerprint density at radius 3 is 3.11 bits per heavy atom. The normalized spacial score (nSPS) is 19.7. The lowest BCUT2D eigenvalue weighted by atomic mass is 9.99. The zero-order valence-corrected chi connectivity index (χ0v) is 11.0. The Labute approximate surface area is 112 Å². The van der Waals surface area contributed by atoms with Crippen molar-refractivity contribution in [3.05, 3.63) is 29.6 Å². The van der Waals surface area contributed by atoms with Gasteiger partial charge >= 0.3 is 5.97 Å². The third kappa shape index (κ3) is 3.52. The second-order valence-corrected chi connectivity index (χ2v) is 4.73. The molecule has 1 fully saturated rings. The van der Waals surface area contributed by atoms with Gasteiger partial charge in [0.05, 0.1) is 30.4 Å². The van der Waals surface area contributed by atoms with Gasteiger partial charge in [-0.05, 0) is 31.5 Å². The second kappa shape index (κ2) is 6.30. The Balaban J connectivity index is 1.96. The minimum absolute atomic E-state index is 0.128. The topological polar surface area (TPSA) is 66.2 Å². The van der Waals surface area contributed by atoms with Crippen LogP contribution in [0.3, 0.4) is 0 Å². The van der Waals surface area contributed by atoms with Crippen LogP contribution in [0, 0.1) is 17.2 Å². The quantitative estimate of drug-likeness (QED) is 0.771. The van der Waals surface area contributed by atoms with Crippen LogP contribution in [0.2, 0.25) is 0 Å². The van der Waals surface area contributed by atoms with E-state index in [2.05, 4.69) is 20.7 Å². The summed E-state index contributed by atoms with van der Waals surface area (Å²) in [4.78, 5) is 17.8. The first kappa shape index (κ1) is 13.5. The second-order valence-electron chi connectivity index (χ2n) is 4.73. The number of esters is 1. The largest absolute Gasteiger partial charge is 0.465 e. The lowest BCUT2D eigenvalue weighted by Gasteiger charge is -2.29. The summed E-state index contributed by atoms with van der Waals surface area (Å²) in [7, 11) is 1.35. The first-order chi connectivity index (χ1) is 9.22. The molecule has 2 rings (SSSR count). The van der Waals surface area contributed by atoms with Gasteiger partial charge in [0.1, 0.15) is 0 Å². The fourth-order valence-electron chi connectivity index (χ4n) is 2.29. The van der Waals surface area contributed by atoms with Crippen molar-refractivity contribution in [2.24, 2.45) is 5.92 Å². The van der Waals surface area contributed by atoms with Gasteiger partial charge in [-0.3, -0.25) is 9.88 Å². The van der Waals surface area contributed by atoms with Crippen molar-refractivity contribution in [3.8, 4) is 6.07 Å². The van der Waals surface area contributed by atoms with E-state index in [1.54, 1.807) is 6.07 Å². The van der Waals surface area contributed by atoms with E-state index in [0.717, 1.165) is 38.2 Å². The number of likely N-dealkylation sites (tertiary alicyclic amines) is 1. The fourth-order valence-corrected chi connectivity index (χ4v) is 2.29. The summed E-state index contributed by atoms with van der Waals surface area (Å²) in [5.74, 6) is -0.246. The molecule has 1 aliphatic rings. The van der Waals surface area contributed by atoms with Crippen LogP contribution in [0.4, 0.5) is 0 Å². The monoisotopic (exact) mass is 259 g/mol. The van der Waals surface area contributed by atoms with Crippen molar-refractivity contribution in [1.82, 2.24) is 9.88 Å². The van der Waals surface area contributed by atoms with E-state index in [4.69, 9.17) is 5.26 Å². The number of ether oxygens (including phenoxy) is 1. The minimum atomic E-state index is -0.374. The SMILES string of the molecule is COC(=O)c1ccc(CN2CCCC(C#N)C2)nc1. The molecule has 5 heteroatoms. The highest BCUT2D eigenvalue weighted by Gasteiger charge is 2.19. The zero-order valence-electron chi connectivity index (χ0n) is 11.0. The van der Waals surface area contributed by atoms with E-state index < -0.39 is 0 Å². The highest BCUT2D eigenvalue weighted by Crippen LogP contribution is 2.17. The molecule has 1 saturated heterocycles. The predicted octanol–water partition coefficient (Wildman–Crippen LogP) is 1.60. The van der Waals surface area contributed by atoms with Crippen LogP contribution < -0.4 is 0 Å². The van der Waals surface area contributed by atoms with Crippen molar-refractivity contribution >= 4 is 5.97 Å². The average molecular weight is 259 g/mol. The Bertz CT molecular complexity index is 478. The lowest BCUT2D eigenvalue weighted by Crippen LogP contribution is -2.34. The molecule has 1 atom stereocenters. The maximum atomic E-state index is 11.3. The smallest absolute Gasteiger partial charge is 0.339 e. The summed E-state index contributed by atoms with van der Waals surface area (Å²) in [6.07, 6.45) is 3.58. The van der Waals surface area contributed by atoms with Crippen LogP contribution in [-0.2, 0) is 11.3 Å². The first-order valence-electron chi connectivity index (χ1n) is 6.38. The molecule has 0 N–H and O–H groups in total. The number of piperidine rings is 1. The number of carbonyl (C=O) groups excluding carboxylic acids is 1. The minimum Gasteiger partial charge on any atom is -0.465 e. The van der Waals surface area contributed by atoms with E-state index in [-0.39, 0.29) is 11.9 Å². The van der Waals surface area contributed by atoms with Crippen molar-refractivity contribution in [2.75, 3.05) is 20.2 Å². The predicted molar refractivity (Wildman–Crippen MR) is 69.2 cm³/mol. The summed E-state index contributed by atoms with van der Waals surface area (Å²) in [6.45, 7) is 2.52. The molecule has 1 unspecified atom stereocenters. The summed E-state index contributed by atoms with van der Waals surface area (Å²) < 4.78 is 4.63. The van der Waals surface area contributed by atoms with Crippen LogP contribution in [0.5, 0.6) is 0 Å². The van der Waals surface area contributed by atoms with Gasteiger partial charge in [0, 0.05) is 19.3 Å². The third-order valence-electron chi connectivity index (χ3n) is 3.32. The summed E-state index contributed by atoms with van der Waals surface area (Å²) >= 11 is 0. The number of hydrogen-bond acceptors (Lipinski definition) is 5. The summed E-state index contributed by atoms with van der Waals surface area (Å²) in [5, 5.41) is 8.96. The standard InChI is InChI=1S/C14H17N3O2/c1-19-14(18)12-4-5-13(16-8-12)10-17-6-2-3-11(7-15)9-17/h4-5,8,11H,2-3,6,9-10H2,1H3. The first-order valence-corrected chi connectivity index (χ1v) is 6.38. The highest BCUT2D eigenvalue weighted by molar-refractivity contribution is 5.88. The lowest BCUT2D eigenvalue weighted by molar-refractivity contribution is 0.0600. The maximum Gasteiger partial charge on any atom is 0.339 e. The van der Waals surface area contributed by atoms with Crippen LogP contribution in [-0.4, -0.2) is 36.1 Å². The molecule has 0 saturated carbocycles. The molecule has 100 valence electrons. The van der Waals surface area contributed by atoms with Crippen molar-refractivity contribution in [2.45, 2.75) is 19.4 Å². The Morgan fingerprint density at radius 1 is 1.63 bits per heavy atom. The molecule has 0 aliphatic carbocycles. The third-order valence-corrected chi connectivity index (χ3v) is 3.32. The number of nitrogens with zero attached hydrogens (tertiary/aromatic N) is 3. The van der Waals surface area contributed by atoms with Gasteiger partial charge in [0.15, 0.2) is 0 Å². The van der Waals surface area contributed by atoms with Crippen molar-refractivity contribution < 1.29 is 9.53 Å². The van der Waals surface area contributed by atoms with E-state index in [1.165, 1.54) is 13.3 Å². The average Bonchev–Trinajstić information content (AvgIpc) is 2.47. The van der Waals surface area contributed by atoms with Crippen LogP contribution in [0.15, 0.2) is 18.3 Å². The van der Waals surface area contributed by atoms with E-state index >= 15 is 0 Å². The molecule has 0 bridgehead atoms. The number of pyridine rings is 1. The van der Waals surface area contributed by atoms with E-state index in [1.807, 2.05) is 6.07 Å². The molecule has 19 heavy (non-hydrogen) atoms. The molecule has 1 aliphatic heterocycles. The molecule has 0 radical (unpaired) electrons. The molecule has 0 amide bonds. The van der Waals surface area contributed by atoms with Gasteiger partial charge in [0.2, 0.25) is 0 Å². The fraction of sp³-hybridized carbons (Fsp3) is 0.500. The zero-order chi connectivity index (χ0) is 13.7. The molecule has 1 aromatic heterocycles. The Morgan fingerprint density at radius 2 is 2.47 bits per heavy atom.